The van der Waals surface area contributed by atoms with Gasteiger partial charge in [-0.15, -0.1) is 0 Å². The van der Waals surface area contributed by atoms with E-state index in [1.54, 1.807) is 0 Å². The number of Topliss-reactive ketones (excluding diaryl/α,β-unsaturated/α-hetero) is 1. The maximum absolute atomic E-state index is 11.9. The van der Waals surface area contributed by atoms with Crippen molar-refractivity contribution in [3.63, 3.8) is 0 Å². The first kappa shape index (κ1) is 16.7. The lowest BCUT2D eigenvalue weighted by atomic mass is 10.0. The molecular weight excluding hydrogens is 260 g/mol. The Hall–Kier alpha value is -1.36. The minimum Gasteiger partial charge on any atom is -0.507 e. The Labute approximate surface area is 119 Å². The topological polar surface area (TPSA) is 83.8 Å². The van der Waals surface area contributed by atoms with Gasteiger partial charge in [0.15, 0.2) is 17.6 Å². The fraction of sp³-hybridized carbons (Fsp3) is 0.733. The molecular formula is C15H24O5. The summed E-state index contributed by atoms with van der Waals surface area (Å²) in [5.41, 5.74) is -0.282. The molecule has 114 valence electrons. The number of carbonyl (C=O) groups excluding carboxylic acids is 2. The number of hydrogen-bond acceptors (Lipinski definition) is 5. The van der Waals surface area contributed by atoms with Gasteiger partial charge in [0.25, 0.3) is 0 Å². The third kappa shape index (κ3) is 4.63. The molecule has 2 N–H and O–H groups in total. The number of aliphatic hydroxyl groups is 2. The number of carbonyl (C=O) groups is 2. The Morgan fingerprint density at radius 2 is 1.75 bits per heavy atom. The van der Waals surface area contributed by atoms with E-state index in [1.807, 2.05) is 0 Å². The van der Waals surface area contributed by atoms with E-state index in [4.69, 9.17) is 9.84 Å². The number of ketones is 1. The van der Waals surface area contributed by atoms with Crippen LogP contribution < -0.4 is 0 Å². The first-order valence-corrected chi connectivity index (χ1v) is 7.40. The SMILES string of the molecule is CCCCCCCCCC(=O)C1=C(O)C(CO)OC1=O. The molecule has 1 aliphatic rings. The normalized spacial score (nSPS) is 18.5. The standard InChI is InChI=1S/C15H24O5/c1-2-3-4-5-6-7-8-9-11(17)13-14(18)12(10-16)20-15(13)19/h12,16,18H,2-10H2,1H3. The van der Waals surface area contributed by atoms with E-state index in [0.717, 1.165) is 12.8 Å². The molecule has 0 radical (unpaired) electrons. The highest BCUT2D eigenvalue weighted by molar-refractivity contribution is 6.19. The van der Waals surface area contributed by atoms with Crippen LogP contribution in [0.15, 0.2) is 11.3 Å². The van der Waals surface area contributed by atoms with Gasteiger partial charge in [0.1, 0.15) is 5.57 Å². The number of ether oxygens (including phenoxy) is 1. The van der Waals surface area contributed by atoms with Gasteiger partial charge in [-0.2, -0.15) is 0 Å². The Morgan fingerprint density at radius 1 is 1.15 bits per heavy atom. The van der Waals surface area contributed by atoms with Crippen molar-refractivity contribution in [1.29, 1.82) is 0 Å². The molecule has 1 aliphatic heterocycles. The lowest BCUT2D eigenvalue weighted by Crippen LogP contribution is -2.15. The van der Waals surface area contributed by atoms with Crippen LogP contribution in [0.1, 0.15) is 58.3 Å². The summed E-state index contributed by atoms with van der Waals surface area (Å²) in [4.78, 5) is 23.3. The van der Waals surface area contributed by atoms with Crippen LogP contribution in [-0.2, 0) is 14.3 Å². The molecule has 1 atom stereocenters. The Kier molecular flexibility index (Phi) is 7.30. The van der Waals surface area contributed by atoms with Gasteiger partial charge in [0.05, 0.1) is 6.61 Å². The van der Waals surface area contributed by atoms with Gasteiger partial charge >= 0.3 is 5.97 Å². The van der Waals surface area contributed by atoms with Crippen molar-refractivity contribution in [3.05, 3.63) is 11.3 Å². The summed E-state index contributed by atoms with van der Waals surface area (Å²) in [7, 11) is 0. The number of esters is 1. The van der Waals surface area contributed by atoms with Gasteiger partial charge in [-0.05, 0) is 6.42 Å². The predicted octanol–water partition coefficient (Wildman–Crippen LogP) is 2.43. The molecule has 0 bridgehead atoms. The summed E-state index contributed by atoms with van der Waals surface area (Å²) >= 11 is 0. The second-order valence-electron chi connectivity index (χ2n) is 5.13. The third-order valence-corrected chi connectivity index (χ3v) is 3.47. The molecule has 0 aromatic heterocycles. The van der Waals surface area contributed by atoms with Crippen molar-refractivity contribution >= 4 is 11.8 Å². The summed E-state index contributed by atoms with van der Waals surface area (Å²) in [6.45, 7) is 1.66. The third-order valence-electron chi connectivity index (χ3n) is 3.47. The van der Waals surface area contributed by atoms with Gasteiger partial charge in [-0.3, -0.25) is 4.79 Å². The van der Waals surface area contributed by atoms with E-state index in [2.05, 4.69) is 6.92 Å². The van der Waals surface area contributed by atoms with Gasteiger partial charge in [0, 0.05) is 6.42 Å². The molecule has 0 fully saturated rings. The van der Waals surface area contributed by atoms with Crippen molar-refractivity contribution in [2.24, 2.45) is 0 Å². The van der Waals surface area contributed by atoms with Gasteiger partial charge in [0.2, 0.25) is 0 Å². The maximum atomic E-state index is 11.9. The zero-order chi connectivity index (χ0) is 15.0. The molecule has 1 unspecified atom stereocenters. The molecule has 0 spiro atoms. The van der Waals surface area contributed by atoms with E-state index in [9.17, 15) is 14.7 Å². The average molecular weight is 284 g/mol. The quantitative estimate of drug-likeness (QED) is 0.365. The summed E-state index contributed by atoms with van der Waals surface area (Å²) in [6.07, 6.45) is 6.75. The van der Waals surface area contributed by atoms with Crippen molar-refractivity contribution in [1.82, 2.24) is 0 Å². The zero-order valence-electron chi connectivity index (χ0n) is 12.1. The molecule has 5 heteroatoms. The van der Waals surface area contributed by atoms with Crippen molar-refractivity contribution in [3.8, 4) is 0 Å². The highest BCUT2D eigenvalue weighted by atomic mass is 16.6. The molecule has 5 nitrogen and oxygen atoms in total. The number of hydrogen-bond donors (Lipinski definition) is 2. The number of aliphatic hydroxyl groups excluding tert-OH is 2. The predicted molar refractivity (Wildman–Crippen MR) is 74.2 cm³/mol. The second-order valence-corrected chi connectivity index (χ2v) is 5.13. The molecule has 1 rings (SSSR count). The summed E-state index contributed by atoms with van der Waals surface area (Å²) in [6, 6.07) is 0. The van der Waals surface area contributed by atoms with Crippen LogP contribution >= 0.6 is 0 Å². The monoisotopic (exact) mass is 284 g/mol. The summed E-state index contributed by atoms with van der Waals surface area (Å²) in [5.74, 6) is -1.64. The van der Waals surface area contributed by atoms with Crippen LogP contribution in [0.2, 0.25) is 0 Å². The smallest absolute Gasteiger partial charge is 0.346 e. The van der Waals surface area contributed by atoms with E-state index in [-0.39, 0.29) is 12.0 Å². The minimum atomic E-state index is -1.07. The van der Waals surface area contributed by atoms with Crippen LogP contribution in [0.3, 0.4) is 0 Å². The van der Waals surface area contributed by atoms with Crippen LogP contribution in [0, 0.1) is 0 Å². The molecule has 1 heterocycles. The Balaban J connectivity index is 2.29. The molecule has 0 saturated carbocycles. The molecule has 0 amide bonds. The number of rotatable bonds is 10. The minimum absolute atomic E-state index is 0.237. The number of cyclic esters (lactones) is 1. The molecule has 0 aliphatic carbocycles. The first-order chi connectivity index (χ1) is 9.61. The van der Waals surface area contributed by atoms with Crippen molar-refractivity contribution in [2.75, 3.05) is 6.61 Å². The van der Waals surface area contributed by atoms with Gasteiger partial charge in [-0.1, -0.05) is 45.4 Å². The lowest BCUT2D eigenvalue weighted by Gasteiger charge is -2.03. The van der Waals surface area contributed by atoms with E-state index < -0.39 is 30.2 Å². The van der Waals surface area contributed by atoms with Gasteiger partial charge < -0.3 is 14.9 Å². The fourth-order valence-electron chi connectivity index (χ4n) is 2.26. The highest BCUT2D eigenvalue weighted by Gasteiger charge is 2.37. The second kappa shape index (κ2) is 8.74. The molecule has 0 saturated heterocycles. The fourth-order valence-corrected chi connectivity index (χ4v) is 2.26. The van der Waals surface area contributed by atoms with Crippen LogP contribution in [-0.4, -0.2) is 34.7 Å². The zero-order valence-corrected chi connectivity index (χ0v) is 12.1. The Bertz CT molecular complexity index is 372. The van der Waals surface area contributed by atoms with Gasteiger partial charge in [-0.25, -0.2) is 4.79 Å². The lowest BCUT2D eigenvalue weighted by molar-refractivity contribution is -0.142. The first-order valence-electron chi connectivity index (χ1n) is 7.40. The van der Waals surface area contributed by atoms with E-state index in [0.29, 0.717) is 6.42 Å². The summed E-state index contributed by atoms with van der Waals surface area (Å²) < 4.78 is 4.69. The average Bonchev–Trinajstić information content (AvgIpc) is 2.72. The summed E-state index contributed by atoms with van der Waals surface area (Å²) in [5, 5.41) is 18.5. The van der Waals surface area contributed by atoms with E-state index >= 15 is 0 Å². The number of unbranched alkanes of at least 4 members (excludes halogenated alkanes) is 6. The van der Waals surface area contributed by atoms with Crippen LogP contribution in [0.4, 0.5) is 0 Å². The van der Waals surface area contributed by atoms with Crippen molar-refractivity contribution < 1.29 is 24.5 Å². The largest absolute Gasteiger partial charge is 0.507 e. The molecule has 0 aromatic carbocycles. The molecule has 0 aromatic rings. The molecule has 20 heavy (non-hydrogen) atoms. The van der Waals surface area contributed by atoms with Crippen LogP contribution in [0.25, 0.3) is 0 Å². The van der Waals surface area contributed by atoms with E-state index in [1.165, 1.54) is 25.7 Å². The van der Waals surface area contributed by atoms with Crippen molar-refractivity contribution in [2.45, 2.75) is 64.4 Å². The van der Waals surface area contributed by atoms with Crippen LogP contribution in [0.5, 0.6) is 0 Å². The Morgan fingerprint density at radius 3 is 2.30 bits per heavy atom. The highest BCUT2D eigenvalue weighted by Crippen LogP contribution is 2.23. The maximum Gasteiger partial charge on any atom is 0.346 e.